The summed E-state index contributed by atoms with van der Waals surface area (Å²) in [5, 5.41) is 0. The summed E-state index contributed by atoms with van der Waals surface area (Å²) in [5.74, 6) is 0.0871. The van der Waals surface area contributed by atoms with Crippen LogP contribution in [0.25, 0.3) is 0 Å². The van der Waals surface area contributed by atoms with E-state index in [1.165, 1.54) is 25.0 Å². The van der Waals surface area contributed by atoms with Gasteiger partial charge in [0.2, 0.25) is 5.91 Å². The number of carbonyl (C=O) groups is 1. The normalized spacial score (nSPS) is 26.9. The molecular formula is C12H18N2O. The molecule has 0 saturated carbocycles. The van der Waals surface area contributed by atoms with E-state index in [2.05, 4.69) is 18.0 Å². The average Bonchev–Trinajstić information content (AvgIpc) is 2.64. The van der Waals surface area contributed by atoms with Crippen LogP contribution in [0, 0.1) is 0 Å². The summed E-state index contributed by atoms with van der Waals surface area (Å²) in [7, 11) is 2.16. The number of nitrogens with zero attached hydrogens (tertiary/aromatic N) is 2. The third kappa shape index (κ3) is 2.12. The molecule has 1 fully saturated rings. The maximum atomic E-state index is 11.3. The second-order valence-electron chi connectivity index (χ2n) is 4.36. The molecule has 1 amide bonds. The van der Waals surface area contributed by atoms with Crippen LogP contribution in [0.1, 0.15) is 26.2 Å². The third-order valence-corrected chi connectivity index (χ3v) is 3.24. The molecule has 15 heavy (non-hydrogen) atoms. The first-order chi connectivity index (χ1) is 7.18. The van der Waals surface area contributed by atoms with Crippen molar-refractivity contribution >= 4 is 5.91 Å². The monoisotopic (exact) mass is 206 g/mol. The summed E-state index contributed by atoms with van der Waals surface area (Å²) in [6.07, 6.45) is 9.42. The lowest BCUT2D eigenvalue weighted by atomic mass is 10.0. The first-order valence-corrected chi connectivity index (χ1v) is 5.55. The summed E-state index contributed by atoms with van der Waals surface area (Å²) < 4.78 is 0. The molecule has 0 unspecified atom stereocenters. The van der Waals surface area contributed by atoms with Gasteiger partial charge < -0.3 is 0 Å². The third-order valence-electron chi connectivity index (χ3n) is 3.24. The minimum atomic E-state index is 0.0871. The Morgan fingerprint density at radius 2 is 2.33 bits per heavy atom. The maximum Gasteiger partial charge on any atom is 0.227 e. The number of hydrogen-bond acceptors (Lipinski definition) is 2. The summed E-state index contributed by atoms with van der Waals surface area (Å²) in [4.78, 5) is 15.3. The highest BCUT2D eigenvalue weighted by Crippen LogP contribution is 2.26. The quantitative estimate of drug-likeness (QED) is 0.652. The Bertz CT molecular complexity index is 320. The Kier molecular flexibility index (Phi) is 2.91. The standard InChI is InChI=1S/C12H18N2O/c1-10(15)14-8-3-5-11(9-14)12-6-4-7-13(12)2/h3,8-9,12H,4-7H2,1-2H3/t12-/m0/s1. The molecule has 3 heteroatoms. The van der Waals surface area contributed by atoms with Gasteiger partial charge in [0, 0.05) is 25.4 Å². The van der Waals surface area contributed by atoms with Gasteiger partial charge in [-0.3, -0.25) is 14.6 Å². The van der Waals surface area contributed by atoms with Crippen molar-refractivity contribution in [3.63, 3.8) is 0 Å². The van der Waals surface area contributed by atoms with Crippen LogP contribution in [0.5, 0.6) is 0 Å². The van der Waals surface area contributed by atoms with Gasteiger partial charge in [-0.2, -0.15) is 0 Å². The first kappa shape index (κ1) is 10.4. The second-order valence-corrected chi connectivity index (χ2v) is 4.36. The number of likely N-dealkylation sites (tertiary alicyclic amines) is 1. The maximum absolute atomic E-state index is 11.3. The van der Waals surface area contributed by atoms with Gasteiger partial charge in [-0.1, -0.05) is 6.08 Å². The van der Waals surface area contributed by atoms with Gasteiger partial charge in [0.15, 0.2) is 0 Å². The smallest absolute Gasteiger partial charge is 0.227 e. The van der Waals surface area contributed by atoms with E-state index < -0.39 is 0 Å². The zero-order chi connectivity index (χ0) is 10.8. The van der Waals surface area contributed by atoms with Crippen molar-refractivity contribution in [3.8, 4) is 0 Å². The fraction of sp³-hybridized carbons (Fsp3) is 0.583. The molecule has 2 aliphatic heterocycles. The van der Waals surface area contributed by atoms with Crippen LogP contribution in [0.3, 0.4) is 0 Å². The summed E-state index contributed by atoms with van der Waals surface area (Å²) in [6, 6.07) is 0.539. The Balaban J connectivity index is 2.12. The lowest BCUT2D eigenvalue weighted by Crippen LogP contribution is -2.30. The van der Waals surface area contributed by atoms with Gasteiger partial charge in [-0.15, -0.1) is 0 Å². The van der Waals surface area contributed by atoms with E-state index in [0.717, 1.165) is 6.42 Å². The lowest BCUT2D eigenvalue weighted by molar-refractivity contribution is -0.124. The predicted molar refractivity (Wildman–Crippen MR) is 60.0 cm³/mol. The molecule has 0 aromatic heterocycles. The van der Waals surface area contributed by atoms with Crippen LogP contribution in [0.15, 0.2) is 24.0 Å². The summed E-state index contributed by atoms with van der Waals surface area (Å²) >= 11 is 0. The number of carbonyl (C=O) groups excluding carboxylic acids is 1. The van der Waals surface area contributed by atoms with E-state index in [0.29, 0.717) is 6.04 Å². The molecular weight excluding hydrogens is 188 g/mol. The van der Waals surface area contributed by atoms with Crippen LogP contribution in [0.4, 0.5) is 0 Å². The van der Waals surface area contributed by atoms with Crippen molar-refractivity contribution in [3.05, 3.63) is 24.0 Å². The van der Waals surface area contributed by atoms with E-state index in [9.17, 15) is 4.79 Å². The number of rotatable bonds is 1. The highest BCUT2D eigenvalue weighted by Gasteiger charge is 2.25. The molecule has 0 aromatic carbocycles. The molecule has 1 saturated heterocycles. The van der Waals surface area contributed by atoms with E-state index >= 15 is 0 Å². The van der Waals surface area contributed by atoms with Gasteiger partial charge >= 0.3 is 0 Å². The molecule has 0 spiro atoms. The molecule has 2 aliphatic rings. The van der Waals surface area contributed by atoms with Crippen LogP contribution in [-0.2, 0) is 4.79 Å². The van der Waals surface area contributed by atoms with Crippen molar-refractivity contribution in [2.45, 2.75) is 32.2 Å². The van der Waals surface area contributed by atoms with Crippen molar-refractivity contribution in [2.75, 3.05) is 13.6 Å². The average molecular weight is 206 g/mol. The molecule has 0 aliphatic carbocycles. The fourth-order valence-corrected chi connectivity index (χ4v) is 2.37. The highest BCUT2D eigenvalue weighted by atomic mass is 16.2. The second kappa shape index (κ2) is 4.19. The van der Waals surface area contributed by atoms with E-state index in [-0.39, 0.29) is 5.91 Å². The molecule has 2 rings (SSSR count). The Morgan fingerprint density at radius 3 is 2.93 bits per heavy atom. The number of hydrogen-bond donors (Lipinski definition) is 0. The highest BCUT2D eigenvalue weighted by molar-refractivity contribution is 5.75. The molecule has 82 valence electrons. The summed E-state index contributed by atoms with van der Waals surface area (Å²) in [6.45, 7) is 2.77. The fourth-order valence-electron chi connectivity index (χ4n) is 2.37. The zero-order valence-electron chi connectivity index (χ0n) is 9.44. The minimum Gasteiger partial charge on any atom is -0.300 e. The number of allylic oxidation sites excluding steroid dienone is 1. The molecule has 3 nitrogen and oxygen atoms in total. The number of amides is 1. The lowest BCUT2D eigenvalue weighted by Gasteiger charge is -2.26. The molecule has 2 heterocycles. The molecule has 0 aromatic rings. The molecule has 0 N–H and O–H groups in total. The van der Waals surface area contributed by atoms with Crippen molar-refractivity contribution in [1.82, 2.24) is 9.80 Å². The van der Waals surface area contributed by atoms with Crippen LogP contribution in [0.2, 0.25) is 0 Å². The molecule has 0 radical (unpaired) electrons. The van der Waals surface area contributed by atoms with E-state index in [1.54, 1.807) is 11.8 Å². The van der Waals surface area contributed by atoms with Crippen molar-refractivity contribution in [2.24, 2.45) is 0 Å². The SMILES string of the molecule is CC(=O)N1C=CCC([C@@H]2CCCN2C)=C1. The zero-order valence-corrected chi connectivity index (χ0v) is 9.44. The Morgan fingerprint density at radius 1 is 1.53 bits per heavy atom. The number of likely N-dealkylation sites (N-methyl/N-ethyl adjacent to an activating group) is 1. The van der Waals surface area contributed by atoms with Crippen LogP contribution < -0.4 is 0 Å². The van der Waals surface area contributed by atoms with Gasteiger partial charge in [0.25, 0.3) is 0 Å². The van der Waals surface area contributed by atoms with Gasteiger partial charge in [0.1, 0.15) is 0 Å². The minimum absolute atomic E-state index is 0.0871. The van der Waals surface area contributed by atoms with E-state index in [1.807, 2.05) is 12.4 Å². The Labute approximate surface area is 91.0 Å². The molecule has 1 atom stereocenters. The van der Waals surface area contributed by atoms with Crippen LogP contribution in [-0.4, -0.2) is 35.3 Å². The Hall–Kier alpha value is -1.09. The first-order valence-electron chi connectivity index (χ1n) is 5.55. The largest absolute Gasteiger partial charge is 0.300 e. The van der Waals surface area contributed by atoms with Gasteiger partial charge in [0.05, 0.1) is 0 Å². The van der Waals surface area contributed by atoms with Crippen LogP contribution >= 0.6 is 0 Å². The van der Waals surface area contributed by atoms with Gasteiger partial charge in [-0.05, 0) is 38.4 Å². The van der Waals surface area contributed by atoms with Crippen molar-refractivity contribution in [1.29, 1.82) is 0 Å². The van der Waals surface area contributed by atoms with E-state index in [4.69, 9.17) is 0 Å². The van der Waals surface area contributed by atoms with Gasteiger partial charge in [-0.25, -0.2) is 0 Å². The predicted octanol–water partition coefficient (Wildman–Crippen LogP) is 1.73. The van der Waals surface area contributed by atoms with Crippen molar-refractivity contribution < 1.29 is 4.79 Å². The molecule has 0 bridgehead atoms. The summed E-state index contributed by atoms with van der Waals surface area (Å²) in [5.41, 5.74) is 1.37. The topological polar surface area (TPSA) is 23.6 Å².